The van der Waals surface area contributed by atoms with Crippen LogP contribution in [0.15, 0.2) is 36.7 Å². The van der Waals surface area contributed by atoms with Crippen molar-refractivity contribution in [2.75, 3.05) is 0 Å². The molecule has 70 valence electrons. The van der Waals surface area contributed by atoms with Crippen LogP contribution in [0.3, 0.4) is 0 Å². The smallest absolute Gasteiger partial charge is 0.124 e. The second kappa shape index (κ2) is 3.83. The fourth-order valence-corrected chi connectivity index (χ4v) is 1.23. The fourth-order valence-electron chi connectivity index (χ4n) is 1.23. The maximum Gasteiger partial charge on any atom is 0.124 e. The van der Waals surface area contributed by atoms with E-state index in [1.165, 1.54) is 0 Å². The highest BCUT2D eigenvalue weighted by Crippen LogP contribution is 2.07. The Hall–Kier alpha value is -1.97. The molecular weight excluding hydrogens is 178 g/mol. The molecule has 0 aliphatic rings. The molecule has 4 heteroatoms. The van der Waals surface area contributed by atoms with Crippen molar-refractivity contribution >= 4 is 6.29 Å². The Balaban J connectivity index is 2.26. The summed E-state index contributed by atoms with van der Waals surface area (Å²) in [4.78, 5) is 10.3. The lowest BCUT2D eigenvalue weighted by Crippen LogP contribution is -1.95. The van der Waals surface area contributed by atoms with Gasteiger partial charge in [-0.1, -0.05) is 17.3 Å². The van der Waals surface area contributed by atoms with E-state index in [1.54, 1.807) is 17.1 Å². The molecule has 0 atom stereocenters. The van der Waals surface area contributed by atoms with Crippen molar-refractivity contribution in [2.45, 2.75) is 6.42 Å². The van der Waals surface area contributed by atoms with Crippen molar-refractivity contribution in [2.24, 2.45) is 0 Å². The second-order valence-corrected chi connectivity index (χ2v) is 2.88. The lowest BCUT2D eigenvalue weighted by molar-refractivity contribution is -0.107. The summed E-state index contributed by atoms with van der Waals surface area (Å²) in [6.45, 7) is 0. The van der Waals surface area contributed by atoms with Gasteiger partial charge < -0.3 is 4.79 Å². The molecule has 2 rings (SSSR count). The summed E-state index contributed by atoms with van der Waals surface area (Å²) in [6.07, 6.45) is 4.75. The Bertz CT molecular complexity index is 405. The van der Waals surface area contributed by atoms with Gasteiger partial charge in [-0.25, -0.2) is 4.68 Å². The fraction of sp³-hybridized carbons (Fsp3) is 0.100. The van der Waals surface area contributed by atoms with Crippen LogP contribution in [0, 0.1) is 0 Å². The molecule has 1 aromatic heterocycles. The SMILES string of the molecule is O=CCc1ccc(-n2ccnn2)cc1. The zero-order valence-electron chi connectivity index (χ0n) is 7.50. The van der Waals surface area contributed by atoms with Crippen molar-refractivity contribution in [1.82, 2.24) is 15.0 Å². The van der Waals surface area contributed by atoms with Gasteiger partial charge in [-0.3, -0.25) is 0 Å². The van der Waals surface area contributed by atoms with Gasteiger partial charge in [-0.15, -0.1) is 5.10 Å². The maximum atomic E-state index is 10.3. The topological polar surface area (TPSA) is 47.8 Å². The van der Waals surface area contributed by atoms with Crippen LogP contribution in [0.2, 0.25) is 0 Å². The van der Waals surface area contributed by atoms with Crippen LogP contribution in [-0.4, -0.2) is 21.3 Å². The molecule has 0 saturated heterocycles. The van der Waals surface area contributed by atoms with E-state index in [-0.39, 0.29) is 0 Å². The van der Waals surface area contributed by atoms with Crippen LogP contribution in [0.4, 0.5) is 0 Å². The molecule has 1 heterocycles. The number of aldehydes is 1. The van der Waals surface area contributed by atoms with Gasteiger partial charge in [0.1, 0.15) is 6.29 Å². The minimum atomic E-state index is 0.456. The summed E-state index contributed by atoms with van der Waals surface area (Å²) in [5, 5.41) is 7.57. The van der Waals surface area contributed by atoms with Crippen LogP contribution in [0.1, 0.15) is 5.56 Å². The highest BCUT2D eigenvalue weighted by Gasteiger charge is 1.96. The van der Waals surface area contributed by atoms with E-state index < -0.39 is 0 Å². The first-order valence-corrected chi connectivity index (χ1v) is 4.29. The predicted molar refractivity (Wildman–Crippen MR) is 51.1 cm³/mol. The number of nitrogens with zero attached hydrogens (tertiary/aromatic N) is 3. The molecular formula is C10H9N3O. The summed E-state index contributed by atoms with van der Waals surface area (Å²) < 4.78 is 1.67. The summed E-state index contributed by atoms with van der Waals surface area (Å²) >= 11 is 0. The Labute approximate surface area is 81.2 Å². The van der Waals surface area contributed by atoms with E-state index in [9.17, 15) is 4.79 Å². The first-order chi connectivity index (χ1) is 6.90. The van der Waals surface area contributed by atoms with E-state index in [1.807, 2.05) is 24.3 Å². The van der Waals surface area contributed by atoms with Crippen LogP contribution in [-0.2, 0) is 11.2 Å². The minimum Gasteiger partial charge on any atom is -0.303 e. The van der Waals surface area contributed by atoms with Gasteiger partial charge in [0.15, 0.2) is 0 Å². The highest BCUT2D eigenvalue weighted by molar-refractivity contribution is 5.55. The van der Waals surface area contributed by atoms with Crippen LogP contribution in [0.25, 0.3) is 5.69 Å². The minimum absolute atomic E-state index is 0.456. The van der Waals surface area contributed by atoms with Crippen molar-refractivity contribution in [3.8, 4) is 5.69 Å². The molecule has 0 unspecified atom stereocenters. The number of hydrogen-bond donors (Lipinski definition) is 0. The van der Waals surface area contributed by atoms with Crippen molar-refractivity contribution in [3.05, 3.63) is 42.2 Å². The molecule has 0 saturated carbocycles. The van der Waals surface area contributed by atoms with Gasteiger partial charge in [-0.05, 0) is 17.7 Å². The third kappa shape index (κ3) is 1.69. The molecule has 0 N–H and O–H groups in total. The second-order valence-electron chi connectivity index (χ2n) is 2.88. The number of carbonyl (C=O) groups is 1. The average molecular weight is 187 g/mol. The van der Waals surface area contributed by atoms with E-state index in [0.717, 1.165) is 17.5 Å². The monoisotopic (exact) mass is 187 g/mol. The average Bonchev–Trinajstić information content (AvgIpc) is 2.72. The first kappa shape index (κ1) is 8.62. The van der Waals surface area contributed by atoms with Gasteiger partial charge >= 0.3 is 0 Å². The summed E-state index contributed by atoms with van der Waals surface area (Å²) in [6, 6.07) is 7.64. The maximum absolute atomic E-state index is 10.3. The van der Waals surface area contributed by atoms with Crippen molar-refractivity contribution in [3.63, 3.8) is 0 Å². The van der Waals surface area contributed by atoms with E-state index >= 15 is 0 Å². The van der Waals surface area contributed by atoms with Crippen LogP contribution in [0.5, 0.6) is 0 Å². The van der Waals surface area contributed by atoms with Gasteiger partial charge in [0.2, 0.25) is 0 Å². The molecule has 4 nitrogen and oxygen atoms in total. The van der Waals surface area contributed by atoms with Crippen molar-refractivity contribution in [1.29, 1.82) is 0 Å². The quantitative estimate of drug-likeness (QED) is 0.674. The highest BCUT2D eigenvalue weighted by atomic mass is 16.1. The summed E-state index contributed by atoms with van der Waals surface area (Å²) in [5.74, 6) is 0. The van der Waals surface area contributed by atoms with Crippen LogP contribution < -0.4 is 0 Å². The molecule has 0 spiro atoms. The number of rotatable bonds is 3. The van der Waals surface area contributed by atoms with E-state index in [0.29, 0.717) is 6.42 Å². The zero-order chi connectivity index (χ0) is 9.80. The van der Waals surface area contributed by atoms with Gasteiger partial charge in [0.05, 0.1) is 18.1 Å². The number of aromatic nitrogens is 3. The summed E-state index contributed by atoms with van der Waals surface area (Å²) in [5.41, 5.74) is 1.95. The summed E-state index contributed by atoms with van der Waals surface area (Å²) in [7, 11) is 0. The largest absolute Gasteiger partial charge is 0.303 e. The number of hydrogen-bond acceptors (Lipinski definition) is 3. The Morgan fingerprint density at radius 3 is 2.64 bits per heavy atom. The number of benzene rings is 1. The number of carbonyl (C=O) groups excluding carboxylic acids is 1. The van der Waals surface area contributed by atoms with E-state index in [4.69, 9.17) is 0 Å². The molecule has 0 radical (unpaired) electrons. The standard InChI is InChI=1S/C10H9N3O/c14-8-5-9-1-3-10(4-2-9)13-7-6-11-12-13/h1-4,6-8H,5H2. The molecule has 0 aliphatic carbocycles. The normalized spacial score (nSPS) is 10.0. The molecule has 14 heavy (non-hydrogen) atoms. The third-order valence-corrected chi connectivity index (χ3v) is 1.94. The molecule has 0 bridgehead atoms. The Morgan fingerprint density at radius 1 is 1.29 bits per heavy atom. The molecule has 0 amide bonds. The van der Waals surface area contributed by atoms with Crippen LogP contribution >= 0.6 is 0 Å². The third-order valence-electron chi connectivity index (χ3n) is 1.94. The van der Waals surface area contributed by atoms with Gasteiger partial charge in [-0.2, -0.15) is 0 Å². The molecule has 2 aromatic rings. The predicted octanol–water partition coefficient (Wildman–Crippen LogP) is 1.01. The van der Waals surface area contributed by atoms with Gasteiger partial charge in [0.25, 0.3) is 0 Å². The lowest BCUT2D eigenvalue weighted by atomic mass is 10.1. The lowest BCUT2D eigenvalue weighted by Gasteiger charge is -2.00. The first-order valence-electron chi connectivity index (χ1n) is 4.29. The Kier molecular flexibility index (Phi) is 2.36. The molecule has 0 fully saturated rings. The van der Waals surface area contributed by atoms with E-state index in [2.05, 4.69) is 10.3 Å². The van der Waals surface area contributed by atoms with Crippen molar-refractivity contribution < 1.29 is 4.79 Å². The zero-order valence-corrected chi connectivity index (χ0v) is 7.50. The molecule has 1 aromatic carbocycles. The van der Waals surface area contributed by atoms with Gasteiger partial charge in [0, 0.05) is 6.42 Å². The Morgan fingerprint density at radius 2 is 2.07 bits per heavy atom. The molecule has 0 aliphatic heterocycles.